The second-order valence-electron chi connectivity index (χ2n) is 6.65. The molecule has 1 N–H and O–H groups in total. The van der Waals surface area contributed by atoms with Crippen molar-refractivity contribution in [3.05, 3.63) is 84.2 Å². The number of hydrogen-bond donors (Lipinski definition) is 1. The molecule has 0 saturated carbocycles. The third kappa shape index (κ3) is 3.93. The molecule has 4 rings (SSSR count). The van der Waals surface area contributed by atoms with E-state index in [0.717, 1.165) is 22.2 Å². The summed E-state index contributed by atoms with van der Waals surface area (Å²) in [5, 5.41) is 3.74. The van der Waals surface area contributed by atoms with Crippen molar-refractivity contribution in [3.8, 4) is 22.8 Å². The van der Waals surface area contributed by atoms with Gasteiger partial charge in [-0.25, -0.2) is 4.98 Å². The SMILES string of the molecule is COc1ccc(-c2cc(C(=O)NCc3ccccn3)c3ccccc3n2)cc1OC. The largest absolute Gasteiger partial charge is 0.493 e. The number of carbonyl (C=O) groups is 1. The van der Waals surface area contributed by atoms with Crippen LogP contribution in [0.2, 0.25) is 0 Å². The van der Waals surface area contributed by atoms with Gasteiger partial charge in [0.2, 0.25) is 0 Å². The number of rotatable bonds is 6. The van der Waals surface area contributed by atoms with Crippen molar-refractivity contribution in [3.63, 3.8) is 0 Å². The molecule has 0 spiro atoms. The van der Waals surface area contributed by atoms with Gasteiger partial charge in [0.1, 0.15) is 0 Å². The van der Waals surface area contributed by atoms with Crippen LogP contribution in [0.4, 0.5) is 0 Å². The van der Waals surface area contributed by atoms with Gasteiger partial charge in [0.05, 0.1) is 43.2 Å². The predicted octanol–water partition coefficient (Wildman–Crippen LogP) is 4.24. The van der Waals surface area contributed by atoms with Crippen LogP contribution in [0.25, 0.3) is 22.2 Å². The number of hydrogen-bond acceptors (Lipinski definition) is 5. The third-order valence-electron chi connectivity index (χ3n) is 4.80. The van der Waals surface area contributed by atoms with Crippen LogP contribution < -0.4 is 14.8 Å². The van der Waals surface area contributed by atoms with Crippen molar-refractivity contribution in [2.75, 3.05) is 14.2 Å². The molecular formula is C24H21N3O3. The molecule has 0 aliphatic carbocycles. The number of amides is 1. The molecule has 0 unspecified atom stereocenters. The minimum atomic E-state index is -0.180. The maximum absolute atomic E-state index is 13.0. The van der Waals surface area contributed by atoms with E-state index < -0.39 is 0 Å². The number of nitrogens with one attached hydrogen (secondary N) is 1. The lowest BCUT2D eigenvalue weighted by Crippen LogP contribution is -2.23. The lowest BCUT2D eigenvalue weighted by atomic mass is 10.0. The fourth-order valence-corrected chi connectivity index (χ4v) is 3.28. The molecule has 0 atom stereocenters. The van der Waals surface area contributed by atoms with E-state index in [0.29, 0.717) is 29.3 Å². The van der Waals surface area contributed by atoms with Crippen molar-refractivity contribution in [2.24, 2.45) is 0 Å². The van der Waals surface area contributed by atoms with Gasteiger partial charge in [-0.2, -0.15) is 0 Å². The summed E-state index contributed by atoms with van der Waals surface area (Å²) in [7, 11) is 3.18. The summed E-state index contributed by atoms with van der Waals surface area (Å²) in [5.74, 6) is 1.06. The Labute approximate surface area is 174 Å². The number of nitrogens with zero attached hydrogens (tertiary/aromatic N) is 2. The van der Waals surface area contributed by atoms with Crippen molar-refractivity contribution < 1.29 is 14.3 Å². The average Bonchev–Trinajstić information content (AvgIpc) is 2.82. The normalized spacial score (nSPS) is 10.6. The number of ether oxygens (including phenoxy) is 2. The van der Waals surface area contributed by atoms with Crippen molar-refractivity contribution in [2.45, 2.75) is 6.54 Å². The molecule has 0 aliphatic rings. The molecule has 4 aromatic rings. The van der Waals surface area contributed by atoms with Crippen LogP contribution in [-0.2, 0) is 6.54 Å². The van der Waals surface area contributed by atoms with Gasteiger partial charge in [-0.1, -0.05) is 24.3 Å². The highest BCUT2D eigenvalue weighted by Crippen LogP contribution is 2.33. The Hall–Kier alpha value is -3.93. The van der Waals surface area contributed by atoms with Gasteiger partial charge < -0.3 is 14.8 Å². The quantitative estimate of drug-likeness (QED) is 0.525. The Morgan fingerprint density at radius 2 is 1.73 bits per heavy atom. The highest BCUT2D eigenvalue weighted by molar-refractivity contribution is 6.07. The Morgan fingerprint density at radius 1 is 0.933 bits per heavy atom. The first-order valence-corrected chi connectivity index (χ1v) is 9.50. The number of fused-ring (bicyclic) bond motifs is 1. The van der Waals surface area contributed by atoms with Crippen LogP contribution in [0, 0.1) is 0 Å². The Bertz CT molecular complexity index is 1190. The number of para-hydroxylation sites is 1. The zero-order chi connectivity index (χ0) is 20.9. The monoisotopic (exact) mass is 399 g/mol. The van der Waals surface area contributed by atoms with Crippen LogP contribution >= 0.6 is 0 Å². The first-order valence-electron chi connectivity index (χ1n) is 9.50. The lowest BCUT2D eigenvalue weighted by Gasteiger charge is -2.12. The minimum absolute atomic E-state index is 0.180. The fourth-order valence-electron chi connectivity index (χ4n) is 3.28. The molecule has 30 heavy (non-hydrogen) atoms. The number of methoxy groups -OCH3 is 2. The van der Waals surface area contributed by atoms with E-state index in [1.165, 1.54) is 0 Å². The molecule has 2 aromatic carbocycles. The fraction of sp³-hybridized carbons (Fsp3) is 0.125. The Balaban J connectivity index is 1.73. The molecule has 6 nitrogen and oxygen atoms in total. The maximum Gasteiger partial charge on any atom is 0.252 e. The van der Waals surface area contributed by atoms with E-state index >= 15 is 0 Å². The Morgan fingerprint density at radius 3 is 2.50 bits per heavy atom. The van der Waals surface area contributed by atoms with Crippen LogP contribution in [0.5, 0.6) is 11.5 Å². The zero-order valence-electron chi connectivity index (χ0n) is 16.8. The molecule has 2 heterocycles. The molecule has 0 saturated heterocycles. The highest BCUT2D eigenvalue weighted by Gasteiger charge is 2.15. The molecule has 0 bridgehead atoms. The summed E-state index contributed by atoms with van der Waals surface area (Å²) in [6.07, 6.45) is 1.71. The smallest absolute Gasteiger partial charge is 0.252 e. The van der Waals surface area contributed by atoms with Crippen molar-refractivity contribution in [1.29, 1.82) is 0 Å². The molecule has 6 heteroatoms. The molecule has 1 amide bonds. The predicted molar refractivity (Wildman–Crippen MR) is 116 cm³/mol. The van der Waals surface area contributed by atoms with Gasteiger partial charge in [-0.3, -0.25) is 9.78 Å². The average molecular weight is 399 g/mol. The number of aromatic nitrogens is 2. The van der Waals surface area contributed by atoms with Gasteiger partial charge in [0, 0.05) is 17.1 Å². The molecule has 0 fully saturated rings. The van der Waals surface area contributed by atoms with Gasteiger partial charge in [0.15, 0.2) is 11.5 Å². The Kier molecular flexibility index (Phi) is 5.57. The summed E-state index contributed by atoms with van der Waals surface area (Å²) in [6, 6.07) is 20.6. The van der Waals surface area contributed by atoms with Crippen molar-refractivity contribution in [1.82, 2.24) is 15.3 Å². The van der Waals surface area contributed by atoms with Crippen molar-refractivity contribution >= 4 is 16.8 Å². The minimum Gasteiger partial charge on any atom is -0.493 e. The lowest BCUT2D eigenvalue weighted by molar-refractivity contribution is 0.0952. The number of carbonyl (C=O) groups excluding carboxylic acids is 1. The second kappa shape index (κ2) is 8.61. The van der Waals surface area contributed by atoms with Crippen LogP contribution in [0.3, 0.4) is 0 Å². The maximum atomic E-state index is 13.0. The van der Waals surface area contributed by atoms with E-state index in [4.69, 9.17) is 14.5 Å². The highest BCUT2D eigenvalue weighted by atomic mass is 16.5. The van der Waals surface area contributed by atoms with Gasteiger partial charge >= 0.3 is 0 Å². The topological polar surface area (TPSA) is 73.3 Å². The molecule has 0 aliphatic heterocycles. The van der Waals surface area contributed by atoms with E-state index in [1.54, 1.807) is 26.5 Å². The van der Waals surface area contributed by atoms with Crippen LogP contribution in [0.1, 0.15) is 16.1 Å². The molecule has 0 radical (unpaired) electrons. The summed E-state index contributed by atoms with van der Waals surface area (Å²) in [4.78, 5) is 22.0. The summed E-state index contributed by atoms with van der Waals surface area (Å²) in [6.45, 7) is 0.349. The summed E-state index contributed by atoms with van der Waals surface area (Å²) >= 11 is 0. The summed E-state index contributed by atoms with van der Waals surface area (Å²) in [5.41, 5.74) is 3.60. The zero-order valence-corrected chi connectivity index (χ0v) is 16.8. The first-order chi connectivity index (χ1) is 14.7. The van der Waals surface area contributed by atoms with E-state index in [1.807, 2.05) is 60.7 Å². The van der Waals surface area contributed by atoms with E-state index in [-0.39, 0.29) is 5.91 Å². The van der Waals surface area contributed by atoms with Gasteiger partial charge in [-0.15, -0.1) is 0 Å². The van der Waals surface area contributed by atoms with Gasteiger partial charge in [-0.05, 0) is 42.5 Å². The number of benzene rings is 2. The first kappa shape index (κ1) is 19.4. The second-order valence-corrected chi connectivity index (χ2v) is 6.65. The van der Waals surface area contributed by atoms with Crippen LogP contribution in [-0.4, -0.2) is 30.1 Å². The summed E-state index contributed by atoms with van der Waals surface area (Å²) < 4.78 is 10.7. The van der Waals surface area contributed by atoms with E-state index in [9.17, 15) is 4.79 Å². The number of pyridine rings is 2. The van der Waals surface area contributed by atoms with Gasteiger partial charge in [0.25, 0.3) is 5.91 Å². The standard InChI is InChI=1S/C24H21N3O3/c1-29-22-11-10-16(13-23(22)30-2)21-14-19(18-8-3-4-9-20(18)27-21)24(28)26-15-17-7-5-6-12-25-17/h3-14H,15H2,1-2H3,(H,26,28). The molecular weight excluding hydrogens is 378 g/mol. The third-order valence-corrected chi connectivity index (χ3v) is 4.80. The molecule has 2 aromatic heterocycles. The van der Waals surface area contributed by atoms with Crippen LogP contribution in [0.15, 0.2) is 72.9 Å². The molecule has 150 valence electrons. The van der Waals surface area contributed by atoms with E-state index in [2.05, 4.69) is 10.3 Å².